The molecule has 0 atom stereocenters. The summed E-state index contributed by atoms with van der Waals surface area (Å²) in [6.45, 7) is 4.42. The van der Waals surface area contributed by atoms with Crippen LogP contribution in [0.5, 0.6) is 0 Å². The zero-order valence-corrected chi connectivity index (χ0v) is 11.1. The Morgan fingerprint density at radius 2 is 2.05 bits per heavy atom. The first-order chi connectivity index (χ1) is 9.33. The molecular weight excluding hydrogens is 236 g/mol. The van der Waals surface area contributed by atoms with Gasteiger partial charge in [-0.25, -0.2) is 4.98 Å². The molecule has 2 N–H and O–H groups in total. The minimum Gasteiger partial charge on any atom is -0.340 e. The van der Waals surface area contributed by atoms with Crippen molar-refractivity contribution in [3.05, 3.63) is 54.2 Å². The Morgan fingerprint density at radius 3 is 2.84 bits per heavy atom. The van der Waals surface area contributed by atoms with Crippen LogP contribution in [0.1, 0.15) is 18.3 Å². The molecule has 4 nitrogen and oxygen atoms in total. The molecule has 0 aliphatic carbocycles. The first-order valence-electron chi connectivity index (χ1n) is 6.60. The number of hydrogen-bond acceptors (Lipinski definition) is 2. The molecule has 19 heavy (non-hydrogen) atoms. The third-order valence-electron chi connectivity index (χ3n) is 3.55. The lowest BCUT2D eigenvalue weighted by molar-refractivity contribution is 0.661. The summed E-state index contributed by atoms with van der Waals surface area (Å²) in [5, 5.41) is 1.24. The summed E-state index contributed by atoms with van der Waals surface area (Å²) in [7, 11) is 0. The number of nitrogens with zero attached hydrogens (tertiary/aromatic N) is 3. The summed E-state index contributed by atoms with van der Waals surface area (Å²) in [5.41, 5.74) is 8.23. The maximum atomic E-state index is 5.82. The molecule has 0 spiro atoms. The van der Waals surface area contributed by atoms with E-state index in [-0.39, 0.29) is 0 Å². The number of para-hydroxylation sites is 1. The largest absolute Gasteiger partial charge is 0.340 e. The predicted molar refractivity (Wildman–Crippen MR) is 76.8 cm³/mol. The van der Waals surface area contributed by atoms with Gasteiger partial charge in [-0.1, -0.05) is 18.2 Å². The molecule has 0 aliphatic rings. The standard InChI is InChI=1S/C15H18N4/c1-2-18-8-7-17-15(18)11-19-10-12(9-16)13-5-3-4-6-14(13)19/h3-8,10H,2,9,11,16H2,1H3. The van der Waals surface area contributed by atoms with E-state index in [0.29, 0.717) is 6.54 Å². The molecule has 0 saturated heterocycles. The van der Waals surface area contributed by atoms with Gasteiger partial charge in [0.15, 0.2) is 0 Å². The van der Waals surface area contributed by atoms with Gasteiger partial charge in [0.1, 0.15) is 5.82 Å². The lowest BCUT2D eigenvalue weighted by atomic mass is 10.2. The van der Waals surface area contributed by atoms with E-state index in [1.165, 1.54) is 16.5 Å². The number of rotatable bonds is 4. The Labute approximate surface area is 112 Å². The SMILES string of the molecule is CCn1ccnc1Cn1cc(CN)c2ccccc21. The highest BCUT2D eigenvalue weighted by Crippen LogP contribution is 2.21. The van der Waals surface area contributed by atoms with Crippen LogP contribution in [0.3, 0.4) is 0 Å². The zero-order chi connectivity index (χ0) is 13.2. The molecule has 0 unspecified atom stereocenters. The molecule has 98 valence electrons. The van der Waals surface area contributed by atoms with Crippen LogP contribution >= 0.6 is 0 Å². The van der Waals surface area contributed by atoms with E-state index in [1.807, 2.05) is 12.4 Å². The van der Waals surface area contributed by atoms with E-state index < -0.39 is 0 Å². The molecule has 3 aromatic rings. The van der Waals surface area contributed by atoms with Crippen LogP contribution in [-0.2, 0) is 19.6 Å². The van der Waals surface area contributed by atoms with Crippen molar-refractivity contribution in [2.24, 2.45) is 5.73 Å². The van der Waals surface area contributed by atoms with Crippen molar-refractivity contribution in [3.63, 3.8) is 0 Å². The number of fused-ring (bicyclic) bond motifs is 1. The number of aromatic nitrogens is 3. The van der Waals surface area contributed by atoms with Crippen LogP contribution in [0.4, 0.5) is 0 Å². The first-order valence-corrected chi connectivity index (χ1v) is 6.60. The van der Waals surface area contributed by atoms with E-state index in [0.717, 1.165) is 18.9 Å². The third kappa shape index (κ3) is 2.04. The van der Waals surface area contributed by atoms with Gasteiger partial charge in [-0.05, 0) is 18.6 Å². The van der Waals surface area contributed by atoms with E-state index in [4.69, 9.17) is 5.73 Å². The first kappa shape index (κ1) is 12.0. The number of nitrogens with two attached hydrogens (primary N) is 1. The van der Waals surface area contributed by atoms with Gasteiger partial charge in [-0.15, -0.1) is 0 Å². The van der Waals surface area contributed by atoms with E-state index in [9.17, 15) is 0 Å². The molecule has 2 heterocycles. The molecule has 0 saturated carbocycles. The Bertz CT molecular complexity index is 693. The number of hydrogen-bond donors (Lipinski definition) is 1. The van der Waals surface area contributed by atoms with E-state index in [1.54, 1.807) is 0 Å². The molecule has 0 fully saturated rings. The molecule has 0 aliphatic heterocycles. The highest BCUT2D eigenvalue weighted by atomic mass is 15.1. The van der Waals surface area contributed by atoms with Crippen LogP contribution in [-0.4, -0.2) is 14.1 Å². The number of aryl methyl sites for hydroxylation is 1. The zero-order valence-electron chi connectivity index (χ0n) is 11.1. The third-order valence-corrected chi connectivity index (χ3v) is 3.55. The van der Waals surface area contributed by atoms with E-state index in [2.05, 4.69) is 51.5 Å². The van der Waals surface area contributed by atoms with Gasteiger partial charge in [0.25, 0.3) is 0 Å². The minimum absolute atomic E-state index is 0.565. The number of imidazole rings is 1. The van der Waals surface area contributed by atoms with Crippen LogP contribution in [0.25, 0.3) is 10.9 Å². The fourth-order valence-electron chi connectivity index (χ4n) is 2.55. The second kappa shape index (κ2) is 4.90. The van der Waals surface area contributed by atoms with Crippen molar-refractivity contribution in [3.8, 4) is 0 Å². The number of benzene rings is 1. The average Bonchev–Trinajstić information content (AvgIpc) is 3.04. The fourth-order valence-corrected chi connectivity index (χ4v) is 2.55. The van der Waals surface area contributed by atoms with Gasteiger partial charge in [0.2, 0.25) is 0 Å². The molecular formula is C15H18N4. The Hall–Kier alpha value is -2.07. The molecule has 0 radical (unpaired) electrons. The Kier molecular flexibility index (Phi) is 3.09. The molecule has 0 amide bonds. The lowest BCUT2D eigenvalue weighted by Crippen LogP contribution is -2.06. The Morgan fingerprint density at radius 1 is 1.21 bits per heavy atom. The quantitative estimate of drug-likeness (QED) is 0.777. The summed E-state index contributed by atoms with van der Waals surface area (Å²) in [4.78, 5) is 4.44. The highest BCUT2D eigenvalue weighted by molar-refractivity contribution is 5.84. The van der Waals surface area contributed by atoms with Crippen molar-refractivity contribution < 1.29 is 0 Å². The summed E-state index contributed by atoms with van der Waals surface area (Å²) in [5.74, 6) is 1.08. The summed E-state index contributed by atoms with van der Waals surface area (Å²) < 4.78 is 4.39. The average molecular weight is 254 g/mol. The van der Waals surface area contributed by atoms with Gasteiger partial charge in [0.05, 0.1) is 6.54 Å². The lowest BCUT2D eigenvalue weighted by Gasteiger charge is -2.07. The summed E-state index contributed by atoms with van der Waals surface area (Å²) in [6, 6.07) is 8.37. The molecule has 3 rings (SSSR count). The maximum absolute atomic E-state index is 5.82. The van der Waals surface area contributed by atoms with Gasteiger partial charge < -0.3 is 14.9 Å². The second-order valence-corrected chi connectivity index (χ2v) is 4.63. The summed E-state index contributed by atoms with van der Waals surface area (Å²) >= 11 is 0. The van der Waals surface area contributed by atoms with Crippen LogP contribution in [0, 0.1) is 0 Å². The van der Waals surface area contributed by atoms with Crippen LogP contribution in [0.2, 0.25) is 0 Å². The normalized spacial score (nSPS) is 11.3. The van der Waals surface area contributed by atoms with Gasteiger partial charge >= 0.3 is 0 Å². The monoisotopic (exact) mass is 254 g/mol. The Balaban J connectivity index is 2.06. The molecule has 1 aromatic carbocycles. The van der Waals surface area contributed by atoms with Crippen LogP contribution < -0.4 is 5.73 Å². The van der Waals surface area contributed by atoms with Crippen molar-refractivity contribution in [2.45, 2.75) is 26.6 Å². The van der Waals surface area contributed by atoms with Crippen molar-refractivity contribution in [1.82, 2.24) is 14.1 Å². The minimum atomic E-state index is 0.565. The van der Waals surface area contributed by atoms with E-state index >= 15 is 0 Å². The second-order valence-electron chi connectivity index (χ2n) is 4.63. The van der Waals surface area contributed by atoms with Crippen molar-refractivity contribution >= 4 is 10.9 Å². The maximum Gasteiger partial charge on any atom is 0.128 e. The highest BCUT2D eigenvalue weighted by Gasteiger charge is 2.09. The fraction of sp³-hybridized carbons (Fsp3) is 0.267. The van der Waals surface area contributed by atoms with Crippen molar-refractivity contribution in [2.75, 3.05) is 0 Å². The van der Waals surface area contributed by atoms with Crippen molar-refractivity contribution in [1.29, 1.82) is 0 Å². The molecule has 0 bridgehead atoms. The summed E-state index contributed by atoms with van der Waals surface area (Å²) in [6.07, 6.45) is 6.01. The molecule has 4 heteroatoms. The topological polar surface area (TPSA) is 48.8 Å². The van der Waals surface area contributed by atoms with Gasteiger partial charge in [-0.3, -0.25) is 0 Å². The molecule has 2 aromatic heterocycles. The smallest absolute Gasteiger partial charge is 0.128 e. The van der Waals surface area contributed by atoms with Crippen LogP contribution in [0.15, 0.2) is 42.9 Å². The van der Waals surface area contributed by atoms with Gasteiger partial charge in [0, 0.05) is 42.6 Å². The van der Waals surface area contributed by atoms with Gasteiger partial charge in [-0.2, -0.15) is 0 Å². The predicted octanol–water partition coefficient (Wildman–Crippen LogP) is 2.36.